The Hall–Kier alpha value is -1.53. The van der Waals surface area contributed by atoms with E-state index in [9.17, 15) is 13.9 Å². The van der Waals surface area contributed by atoms with Crippen molar-refractivity contribution in [3.63, 3.8) is 0 Å². The monoisotopic (exact) mass is 355 g/mol. The molecule has 2 atom stereocenters. The first-order chi connectivity index (χ1) is 11.1. The number of hydrogen-bond donors (Lipinski definition) is 2. The number of hydrogen-bond acceptors (Lipinski definition) is 3. The molecule has 1 aliphatic heterocycles. The lowest BCUT2D eigenvalue weighted by Crippen LogP contribution is -2.52. The van der Waals surface area contributed by atoms with Crippen LogP contribution in [0.15, 0.2) is 48.5 Å². The first-order valence-electron chi connectivity index (χ1n) is 7.64. The minimum atomic E-state index is -1.40. The van der Waals surface area contributed by atoms with E-state index in [4.69, 9.17) is 4.74 Å². The Bertz CT molecular complexity index is 665. The first kappa shape index (κ1) is 18.8. The summed E-state index contributed by atoms with van der Waals surface area (Å²) in [5.74, 6) is -1.30. The van der Waals surface area contributed by atoms with Crippen LogP contribution in [-0.4, -0.2) is 30.9 Å². The molecule has 0 unspecified atom stereocenters. The first-order valence-corrected chi connectivity index (χ1v) is 7.64. The summed E-state index contributed by atoms with van der Waals surface area (Å²) in [6.45, 7) is 1.66. The number of halogens is 3. The van der Waals surface area contributed by atoms with Crippen LogP contribution in [-0.2, 0) is 16.8 Å². The summed E-state index contributed by atoms with van der Waals surface area (Å²) in [5, 5.41) is 14.5. The predicted octanol–water partition coefficient (Wildman–Crippen LogP) is 2.81. The summed E-state index contributed by atoms with van der Waals surface area (Å²) in [6.07, 6.45) is -0.502. The molecule has 2 N–H and O–H groups in total. The average Bonchev–Trinajstić information content (AvgIpc) is 2.59. The van der Waals surface area contributed by atoms with Crippen molar-refractivity contribution in [3.05, 3.63) is 71.3 Å². The van der Waals surface area contributed by atoms with Gasteiger partial charge in [0, 0.05) is 25.6 Å². The molecule has 1 heterocycles. The maximum atomic E-state index is 14.1. The van der Waals surface area contributed by atoms with E-state index in [1.54, 1.807) is 12.1 Å². The van der Waals surface area contributed by atoms with E-state index in [1.165, 1.54) is 12.1 Å². The van der Waals surface area contributed by atoms with E-state index in [0.29, 0.717) is 25.3 Å². The van der Waals surface area contributed by atoms with Gasteiger partial charge in [0.1, 0.15) is 23.3 Å². The van der Waals surface area contributed by atoms with Gasteiger partial charge in [0.25, 0.3) is 0 Å². The lowest BCUT2D eigenvalue weighted by atomic mass is 9.82. The summed E-state index contributed by atoms with van der Waals surface area (Å²) in [5.41, 5.74) is -0.489. The standard InChI is InChI=1S/C18H19F2NO2.ClH/c19-15-7-6-13(16(20)10-15)11-18(22,14-4-2-1-3-5-14)17-12-21-8-9-23-17;/h1-7,10,17,21-22H,8-9,11-12H2;1H/t17-,18+;/m0./s1. The Balaban J connectivity index is 0.00000208. The van der Waals surface area contributed by atoms with E-state index < -0.39 is 23.3 Å². The fourth-order valence-electron chi connectivity index (χ4n) is 2.96. The van der Waals surface area contributed by atoms with E-state index >= 15 is 0 Å². The third-order valence-electron chi connectivity index (χ3n) is 4.21. The number of ether oxygens (including phenoxy) is 1. The molecule has 3 nitrogen and oxygen atoms in total. The van der Waals surface area contributed by atoms with Crippen LogP contribution in [0.3, 0.4) is 0 Å². The Kier molecular flexibility index (Phi) is 6.29. The minimum absolute atomic E-state index is 0. The molecule has 0 aliphatic carbocycles. The van der Waals surface area contributed by atoms with Crippen LogP contribution in [0.25, 0.3) is 0 Å². The predicted molar refractivity (Wildman–Crippen MR) is 90.3 cm³/mol. The molecule has 130 valence electrons. The largest absolute Gasteiger partial charge is 0.382 e. The van der Waals surface area contributed by atoms with Crippen LogP contribution in [0.2, 0.25) is 0 Å². The van der Waals surface area contributed by atoms with E-state index in [-0.39, 0.29) is 24.4 Å². The molecule has 1 fully saturated rings. The summed E-state index contributed by atoms with van der Waals surface area (Å²) in [7, 11) is 0. The van der Waals surface area contributed by atoms with Crippen LogP contribution in [0.5, 0.6) is 0 Å². The van der Waals surface area contributed by atoms with E-state index in [1.807, 2.05) is 18.2 Å². The Labute approximate surface area is 146 Å². The van der Waals surface area contributed by atoms with Gasteiger partial charge in [-0.25, -0.2) is 8.78 Å². The quantitative estimate of drug-likeness (QED) is 0.886. The number of benzene rings is 2. The number of aliphatic hydroxyl groups is 1. The lowest BCUT2D eigenvalue weighted by molar-refractivity contribution is -0.124. The fourth-order valence-corrected chi connectivity index (χ4v) is 2.96. The highest BCUT2D eigenvalue weighted by Crippen LogP contribution is 2.32. The molecule has 2 aromatic rings. The van der Waals surface area contributed by atoms with Crippen molar-refractivity contribution in [2.45, 2.75) is 18.1 Å². The molecule has 0 spiro atoms. The fraction of sp³-hybridized carbons (Fsp3) is 0.333. The van der Waals surface area contributed by atoms with Gasteiger partial charge < -0.3 is 15.2 Å². The third-order valence-corrected chi connectivity index (χ3v) is 4.21. The number of rotatable bonds is 4. The van der Waals surface area contributed by atoms with Crippen molar-refractivity contribution in [1.82, 2.24) is 5.32 Å². The van der Waals surface area contributed by atoms with Crippen molar-refractivity contribution in [2.75, 3.05) is 19.7 Å². The van der Waals surface area contributed by atoms with Crippen molar-refractivity contribution in [1.29, 1.82) is 0 Å². The molecule has 3 rings (SSSR count). The maximum Gasteiger partial charge on any atom is 0.129 e. The van der Waals surface area contributed by atoms with Crippen molar-refractivity contribution in [2.24, 2.45) is 0 Å². The second-order valence-electron chi connectivity index (χ2n) is 5.77. The smallest absolute Gasteiger partial charge is 0.129 e. The van der Waals surface area contributed by atoms with Crippen molar-refractivity contribution in [3.8, 4) is 0 Å². The van der Waals surface area contributed by atoms with Gasteiger partial charge in [0.15, 0.2) is 0 Å². The molecule has 6 heteroatoms. The van der Waals surface area contributed by atoms with E-state index in [2.05, 4.69) is 5.32 Å². The Morgan fingerprint density at radius 1 is 1.17 bits per heavy atom. The van der Waals surface area contributed by atoms with Gasteiger partial charge >= 0.3 is 0 Å². The molecule has 0 bridgehead atoms. The molecule has 0 saturated carbocycles. The number of nitrogens with one attached hydrogen (secondary N) is 1. The van der Waals surface area contributed by atoms with Gasteiger partial charge in [-0.05, 0) is 17.2 Å². The molecular weight excluding hydrogens is 336 g/mol. The second kappa shape index (κ2) is 8.03. The Morgan fingerprint density at radius 2 is 1.92 bits per heavy atom. The van der Waals surface area contributed by atoms with Crippen molar-refractivity contribution >= 4 is 12.4 Å². The summed E-state index contributed by atoms with van der Waals surface area (Å²) >= 11 is 0. The number of morpholine rings is 1. The van der Waals surface area contributed by atoms with Gasteiger partial charge in [0.05, 0.1) is 6.61 Å². The zero-order chi connectivity index (χ0) is 16.3. The second-order valence-corrected chi connectivity index (χ2v) is 5.77. The SMILES string of the molecule is Cl.O[C@](Cc1ccc(F)cc1F)(c1ccccc1)[C@@H]1CNCCO1. The normalized spacial score (nSPS) is 20.0. The lowest BCUT2D eigenvalue weighted by Gasteiger charge is -2.39. The zero-order valence-corrected chi connectivity index (χ0v) is 13.9. The molecule has 0 amide bonds. The summed E-state index contributed by atoms with van der Waals surface area (Å²) < 4.78 is 32.9. The Morgan fingerprint density at radius 3 is 2.54 bits per heavy atom. The van der Waals surface area contributed by atoms with Crippen LogP contribution in [0.1, 0.15) is 11.1 Å². The molecule has 0 aromatic heterocycles. The molecule has 1 saturated heterocycles. The molecule has 24 heavy (non-hydrogen) atoms. The van der Waals surface area contributed by atoms with Gasteiger partial charge in [-0.1, -0.05) is 36.4 Å². The van der Waals surface area contributed by atoms with Crippen molar-refractivity contribution < 1.29 is 18.6 Å². The van der Waals surface area contributed by atoms with Gasteiger partial charge in [-0.2, -0.15) is 0 Å². The van der Waals surface area contributed by atoms with Crippen LogP contribution >= 0.6 is 12.4 Å². The zero-order valence-electron chi connectivity index (χ0n) is 13.0. The molecular formula is C18H20ClF2NO2. The average molecular weight is 356 g/mol. The molecule has 0 radical (unpaired) electrons. The maximum absolute atomic E-state index is 14.1. The minimum Gasteiger partial charge on any atom is -0.382 e. The van der Waals surface area contributed by atoms with Gasteiger partial charge in [0.2, 0.25) is 0 Å². The molecule has 2 aromatic carbocycles. The third kappa shape index (κ3) is 3.92. The highest BCUT2D eigenvalue weighted by Gasteiger charge is 2.41. The summed E-state index contributed by atoms with van der Waals surface area (Å²) in [6, 6.07) is 12.5. The van der Waals surface area contributed by atoms with Crippen LogP contribution in [0.4, 0.5) is 8.78 Å². The molecule has 1 aliphatic rings. The highest BCUT2D eigenvalue weighted by atomic mass is 35.5. The summed E-state index contributed by atoms with van der Waals surface area (Å²) in [4.78, 5) is 0. The van der Waals surface area contributed by atoms with Gasteiger partial charge in [-0.3, -0.25) is 0 Å². The van der Waals surface area contributed by atoms with E-state index in [0.717, 1.165) is 6.07 Å². The van der Waals surface area contributed by atoms with Crippen LogP contribution < -0.4 is 5.32 Å². The van der Waals surface area contributed by atoms with Crippen LogP contribution in [0, 0.1) is 11.6 Å². The topological polar surface area (TPSA) is 41.5 Å². The van der Waals surface area contributed by atoms with Gasteiger partial charge in [-0.15, -0.1) is 12.4 Å². The highest BCUT2D eigenvalue weighted by molar-refractivity contribution is 5.85.